The first-order valence-electron chi connectivity index (χ1n) is 6.19. The topological polar surface area (TPSA) is 72.9 Å². The first-order valence-corrected chi connectivity index (χ1v) is 7.07. The van der Waals surface area contributed by atoms with E-state index in [1.54, 1.807) is 23.6 Å². The summed E-state index contributed by atoms with van der Waals surface area (Å²) in [6.07, 6.45) is 1.77. The van der Waals surface area contributed by atoms with E-state index in [4.69, 9.17) is 5.73 Å². The molecule has 0 aliphatic carbocycles. The lowest BCUT2D eigenvalue weighted by molar-refractivity contribution is 0.0930. The molecule has 3 N–H and O–H groups in total. The van der Waals surface area contributed by atoms with Gasteiger partial charge in [-0.2, -0.15) is 0 Å². The highest BCUT2D eigenvalue weighted by Gasteiger charge is 2.17. The van der Waals surface area contributed by atoms with Gasteiger partial charge in [0, 0.05) is 23.8 Å². The second kappa shape index (κ2) is 5.44. The summed E-state index contributed by atoms with van der Waals surface area (Å²) < 4.78 is 1.84. The Morgan fingerprint density at radius 2 is 2.37 bits per heavy atom. The fourth-order valence-corrected chi connectivity index (χ4v) is 2.69. The van der Waals surface area contributed by atoms with Crippen molar-refractivity contribution in [3.05, 3.63) is 34.0 Å². The molecule has 0 radical (unpaired) electrons. The lowest BCUT2D eigenvalue weighted by atomic mass is 10.3. The van der Waals surface area contributed by atoms with E-state index in [-0.39, 0.29) is 11.9 Å². The third-order valence-corrected chi connectivity index (χ3v) is 3.99. The molecule has 0 fully saturated rings. The van der Waals surface area contributed by atoms with Crippen LogP contribution in [0.25, 0.3) is 0 Å². The molecule has 2 aromatic rings. The largest absolute Gasteiger partial charge is 0.397 e. The second-order valence-electron chi connectivity index (χ2n) is 4.47. The molecule has 2 rings (SSSR count). The number of nitrogens with one attached hydrogen (secondary N) is 1. The van der Waals surface area contributed by atoms with Gasteiger partial charge in [0.15, 0.2) is 0 Å². The van der Waals surface area contributed by atoms with Gasteiger partial charge in [-0.1, -0.05) is 0 Å². The van der Waals surface area contributed by atoms with Crippen LogP contribution in [0.5, 0.6) is 0 Å². The molecule has 0 aliphatic rings. The predicted molar refractivity (Wildman–Crippen MR) is 77.3 cm³/mol. The van der Waals surface area contributed by atoms with E-state index >= 15 is 0 Å². The van der Waals surface area contributed by atoms with Crippen LogP contribution in [0.3, 0.4) is 0 Å². The van der Waals surface area contributed by atoms with E-state index in [1.165, 1.54) is 0 Å². The maximum Gasteiger partial charge on any atom is 0.268 e. The molecular formula is C13H18N4OS. The number of nitrogens with zero attached hydrogens (tertiary/aromatic N) is 2. The highest BCUT2D eigenvalue weighted by Crippen LogP contribution is 2.18. The minimum Gasteiger partial charge on any atom is -0.397 e. The van der Waals surface area contributed by atoms with Crippen LogP contribution >= 0.6 is 11.3 Å². The molecule has 1 unspecified atom stereocenters. The molecule has 2 heterocycles. The van der Waals surface area contributed by atoms with Gasteiger partial charge in [-0.05, 0) is 26.8 Å². The van der Waals surface area contributed by atoms with Crippen molar-refractivity contribution in [3.63, 3.8) is 0 Å². The van der Waals surface area contributed by atoms with Crippen molar-refractivity contribution in [1.82, 2.24) is 14.9 Å². The van der Waals surface area contributed by atoms with Gasteiger partial charge in [0.25, 0.3) is 5.91 Å². The fourth-order valence-electron chi connectivity index (χ4n) is 1.89. The van der Waals surface area contributed by atoms with E-state index in [9.17, 15) is 4.79 Å². The maximum atomic E-state index is 12.2. The molecule has 0 saturated carbocycles. The summed E-state index contributed by atoms with van der Waals surface area (Å²) in [4.78, 5) is 16.6. The molecule has 0 aliphatic heterocycles. The van der Waals surface area contributed by atoms with Crippen LogP contribution in [0, 0.1) is 6.92 Å². The maximum absolute atomic E-state index is 12.2. The summed E-state index contributed by atoms with van der Waals surface area (Å²) in [6, 6.07) is 1.59. The number of thiazole rings is 1. The fraction of sp³-hybridized carbons (Fsp3) is 0.385. The number of aromatic nitrogens is 2. The molecular weight excluding hydrogens is 260 g/mol. The van der Waals surface area contributed by atoms with Crippen molar-refractivity contribution in [2.24, 2.45) is 0 Å². The molecule has 1 amide bonds. The highest BCUT2D eigenvalue weighted by molar-refractivity contribution is 7.09. The van der Waals surface area contributed by atoms with E-state index in [0.29, 0.717) is 17.9 Å². The molecule has 0 saturated heterocycles. The number of carbonyl (C=O) groups excluding carboxylic acids is 1. The minimum absolute atomic E-state index is 0.104. The number of amides is 1. The third-order valence-electron chi connectivity index (χ3n) is 2.85. The number of hydrogen-bond acceptors (Lipinski definition) is 4. The molecule has 0 bridgehead atoms. The lowest BCUT2D eigenvalue weighted by Gasteiger charge is -2.12. The number of nitrogen functional groups attached to an aromatic ring is 1. The number of anilines is 1. The number of hydrogen-bond donors (Lipinski definition) is 2. The normalized spacial score (nSPS) is 12.4. The Kier molecular flexibility index (Phi) is 3.90. The highest BCUT2D eigenvalue weighted by atomic mass is 32.1. The average Bonchev–Trinajstić information content (AvgIpc) is 2.95. The monoisotopic (exact) mass is 278 g/mol. The Balaban J connectivity index is 2.12. The van der Waals surface area contributed by atoms with Gasteiger partial charge in [0.05, 0.1) is 11.7 Å². The number of carbonyl (C=O) groups is 1. The summed E-state index contributed by atoms with van der Waals surface area (Å²) in [5, 5.41) is 5.83. The van der Waals surface area contributed by atoms with E-state index < -0.39 is 0 Å². The van der Waals surface area contributed by atoms with Crippen LogP contribution < -0.4 is 11.1 Å². The molecule has 19 heavy (non-hydrogen) atoms. The molecule has 6 heteroatoms. The number of aryl methyl sites for hydroxylation is 2. The van der Waals surface area contributed by atoms with Crippen molar-refractivity contribution >= 4 is 22.9 Å². The van der Waals surface area contributed by atoms with Crippen LogP contribution in [0.4, 0.5) is 5.69 Å². The first-order chi connectivity index (χ1) is 9.01. The standard InChI is InChI=1S/C13H18N4OS/c1-4-17-6-10(14)5-11(17)12(18)16-9(3)13-15-8(2)7-19-13/h5-7,9H,4,14H2,1-3H3,(H,16,18). The van der Waals surface area contributed by atoms with Crippen LogP contribution in [0.2, 0.25) is 0 Å². The quantitative estimate of drug-likeness (QED) is 0.901. The minimum atomic E-state index is -0.126. The Morgan fingerprint density at radius 3 is 2.95 bits per heavy atom. The van der Waals surface area contributed by atoms with Crippen molar-refractivity contribution < 1.29 is 4.79 Å². The zero-order valence-electron chi connectivity index (χ0n) is 11.3. The van der Waals surface area contributed by atoms with Gasteiger partial charge in [-0.15, -0.1) is 11.3 Å². The smallest absolute Gasteiger partial charge is 0.268 e. The Bertz CT molecular complexity index is 587. The summed E-state index contributed by atoms with van der Waals surface area (Å²) in [6.45, 7) is 6.56. The number of nitrogens with two attached hydrogens (primary N) is 1. The van der Waals surface area contributed by atoms with Crippen LogP contribution in [0.1, 0.15) is 41.1 Å². The van der Waals surface area contributed by atoms with Gasteiger partial charge >= 0.3 is 0 Å². The van der Waals surface area contributed by atoms with E-state index in [0.717, 1.165) is 10.7 Å². The zero-order chi connectivity index (χ0) is 14.0. The molecule has 2 aromatic heterocycles. The van der Waals surface area contributed by atoms with Gasteiger partial charge in [0.2, 0.25) is 0 Å². The lowest BCUT2D eigenvalue weighted by Crippen LogP contribution is -2.28. The third kappa shape index (κ3) is 2.96. The SMILES string of the molecule is CCn1cc(N)cc1C(=O)NC(C)c1nc(C)cs1. The Hall–Kier alpha value is -1.82. The summed E-state index contributed by atoms with van der Waals surface area (Å²) in [5.74, 6) is -0.126. The second-order valence-corrected chi connectivity index (χ2v) is 5.36. The van der Waals surface area contributed by atoms with Crippen molar-refractivity contribution in [2.75, 3.05) is 5.73 Å². The summed E-state index contributed by atoms with van der Waals surface area (Å²) >= 11 is 1.55. The molecule has 0 spiro atoms. The molecule has 1 atom stereocenters. The molecule has 0 aromatic carbocycles. The van der Waals surface area contributed by atoms with E-state index in [2.05, 4.69) is 10.3 Å². The number of rotatable bonds is 4. The average molecular weight is 278 g/mol. The van der Waals surface area contributed by atoms with Gasteiger partial charge in [0.1, 0.15) is 10.7 Å². The Labute approximate surface area is 116 Å². The van der Waals surface area contributed by atoms with Crippen LogP contribution in [-0.2, 0) is 6.54 Å². The predicted octanol–water partition coefficient (Wildman–Crippen LogP) is 2.35. The van der Waals surface area contributed by atoms with Crippen molar-refractivity contribution in [3.8, 4) is 0 Å². The summed E-state index contributed by atoms with van der Waals surface area (Å²) in [7, 11) is 0. The van der Waals surface area contributed by atoms with Crippen molar-refractivity contribution in [2.45, 2.75) is 33.4 Å². The molecule has 5 nitrogen and oxygen atoms in total. The van der Waals surface area contributed by atoms with E-state index in [1.807, 2.05) is 30.7 Å². The first kappa shape index (κ1) is 13.6. The zero-order valence-corrected chi connectivity index (χ0v) is 12.1. The van der Waals surface area contributed by atoms with Gasteiger partial charge in [-0.3, -0.25) is 4.79 Å². The van der Waals surface area contributed by atoms with Crippen LogP contribution in [-0.4, -0.2) is 15.5 Å². The van der Waals surface area contributed by atoms with Gasteiger partial charge in [-0.25, -0.2) is 4.98 Å². The molecule has 102 valence electrons. The van der Waals surface area contributed by atoms with Gasteiger partial charge < -0.3 is 15.6 Å². The van der Waals surface area contributed by atoms with Crippen LogP contribution in [0.15, 0.2) is 17.6 Å². The summed E-state index contributed by atoms with van der Waals surface area (Å²) in [5.41, 5.74) is 7.89. The Morgan fingerprint density at radius 1 is 1.63 bits per heavy atom. The van der Waals surface area contributed by atoms with Crippen molar-refractivity contribution in [1.29, 1.82) is 0 Å².